The van der Waals surface area contributed by atoms with Crippen LogP contribution in [0.4, 0.5) is 5.69 Å². The van der Waals surface area contributed by atoms with E-state index in [4.69, 9.17) is 4.74 Å². The molecule has 2 aromatic carbocycles. The molecule has 3 N–H and O–H groups in total. The van der Waals surface area contributed by atoms with E-state index in [-0.39, 0.29) is 17.9 Å². The van der Waals surface area contributed by atoms with Gasteiger partial charge in [0.25, 0.3) is 5.91 Å². The standard InChI is InChI=1S/C20H23N3O3/c24-19(12-16-14-26-11-10-21-16)23-18-9-5-4-8-17(18)20(25)22-13-15-6-2-1-3-7-15/h1-9,16,21H,10-14H2,(H,22,25)(H,23,24). The summed E-state index contributed by atoms with van der Waals surface area (Å²) >= 11 is 0. The third-order valence-corrected chi connectivity index (χ3v) is 4.17. The van der Waals surface area contributed by atoms with Crippen molar-refractivity contribution >= 4 is 17.5 Å². The number of amides is 2. The van der Waals surface area contributed by atoms with Gasteiger partial charge in [0, 0.05) is 25.6 Å². The number of benzene rings is 2. The number of ether oxygens (including phenoxy) is 1. The minimum absolute atomic E-state index is 0.00261. The van der Waals surface area contributed by atoms with E-state index in [2.05, 4.69) is 16.0 Å². The van der Waals surface area contributed by atoms with Crippen LogP contribution in [-0.2, 0) is 16.1 Å². The summed E-state index contributed by atoms with van der Waals surface area (Å²) in [5.74, 6) is -0.361. The van der Waals surface area contributed by atoms with Crippen molar-refractivity contribution in [3.05, 3.63) is 65.7 Å². The fraction of sp³-hybridized carbons (Fsp3) is 0.300. The molecule has 26 heavy (non-hydrogen) atoms. The predicted molar refractivity (Wildman–Crippen MR) is 99.9 cm³/mol. The Kier molecular flexibility index (Phi) is 6.35. The van der Waals surface area contributed by atoms with Crippen molar-refractivity contribution in [1.82, 2.24) is 10.6 Å². The van der Waals surface area contributed by atoms with Crippen molar-refractivity contribution in [3.63, 3.8) is 0 Å². The Morgan fingerprint density at radius 1 is 1.08 bits per heavy atom. The lowest BCUT2D eigenvalue weighted by Crippen LogP contribution is -2.43. The summed E-state index contributed by atoms with van der Waals surface area (Å²) in [6.45, 7) is 2.37. The van der Waals surface area contributed by atoms with Gasteiger partial charge in [-0.05, 0) is 17.7 Å². The second-order valence-corrected chi connectivity index (χ2v) is 6.19. The van der Waals surface area contributed by atoms with Gasteiger partial charge in [0.1, 0.15) is 0 Å². The molecule has 2 amide bonds. The average molecular weight is 353 g/mol. The molecule has 6 heteroatoms. The molecule has 1 fully saturated rings. The molecule has 0 radical (unpaired) electrons. The first-order valence-electron chi connectivity index (χ1n) is 8.74. The van der Waals surface area contributed by atoms with E-state index in [0.717, 1.165) is 12.1 Å². The van der Waals surface area contributed by atoms with Crippen molar-refractivity contribution in [2.75, 3.05) is 25.1 Å². The van der Waals surface area contributed by atoms with Crippen LogP contribution < -0.4 is 16.0 Å². The zero-order valence-corrected chi connectivity index (χ0v) is 14.5. The molecule has 1 atom stereocenters. The molecule has 0 aliphatic carbocycles. The SMILES string of the molecule is O=C(CC1COCCN1)Nc1ccccc1C(=O)NCc1ccccc1. The van der Waals surface area contributed by atoms with Gasteiger partial charge in [0.15, 0.2) is 0 Å². The summed E-state index contributed by atoms with van der Waals surface area (Å²) in [5.41, 5.74) is 1.98. The van der Waals surface area contributed by atoms with Gasteiger partial charge in [0.2, 0.25) is 5.91 Å². The van der Waals surface area contributed by atoms with E-state index in [1.165, 1.54) is 0 Å². The zero-order valence-electron chi connectivity index (χ0n) is 14.5. The summed E-state index contributed by atoms with van der Waals surface area (Å²) in [6, 6.07) is 16.7. The fourth-order valence-corrected chi connectivity index (χ4v) is 2.84. The Bertz CT molecular complexity index is 743. The predicted octanol–water partition coefficient (Wildman–Crippen LogP) is 1.93. The van der Waals surface area contributed by atoms with Crippen LogP contribution >= 0.6 is 0 Å². The van der Waals surface area contributed by atoms with Crippen LogP contribution in [0.15, 0.2) is 54.6 Å². The summed E-state index contributed by atoms with van der Waals surface area (Å²) in [5, 5.41) is 8.98. The number of carbonyl (C=O) groups is 2. The van der Waals surface area contributed by atoms with E-state index in [0.29, 0.717) is 37.4 Å². The zero-order chi connectivity index (χ0) is 18.2. The molecule has 1 unspecified atom stereocenters. The molecule has 2 aromatic rings. The van der Waals surface area contributed by atoms with Crippen LogP contribution in [-0.4, -0.2) is 37.6 Å². The number of rotatable bonds is 6. The molecule has 1 aliphatic rings. The highest BCUT2D eigenvalue weighted by Crippen LogP contribution is 2.16. The van der Waals surface area contributed by atoms with Gasteiger partial charge in [-0.15, -0.1) is 0 Å². The first-order chi connectivity index (χ1) is 12.7. The van der Waals surface area contributed by atoms with E-state index < -0.39 is 0 Å². The van der Waals surface area contributed by atoms with Gasteiger partial charge in [0.05, 0.1) is 24.5 Å². The van der Waals surface area contributed by atoms with Crippen LogP contribution in [0.3, 0.4) is 0 Å². The van der Waals surface area contributed by atoms with Gasteiger partial charge in [-0.3, -0.25) is 9.59 Å². The second-order valence-electron chi connectivity index (χ2n) is 6.19. The highest BCUT2D eigenvalue weighted by Gasteiger charge is 2.18. The summed E-state index contributed by atoms with van der Waals surface area (Å²) < 4.78 is 5.36. The van der Waals surface area contributed by atoms with Crippen molar-refractivity contribution in [2.24, 2.45) is 0 Å². The number of nitrogens with one attached hydrogen (secondary N) is 3. The number of morpholine rings is 1. The largest absolute Gasteiger partial charge is 0.378 e. The molecule has 6 nitrogen and oxygen atoms in total. The van der Waals surface area contributed by atoms with Crippen molar-refractivity contribution in [2.45, 2.75) is 19.0 Å². The van der Waals surface area contributed by atoms with Gasteiger partial charge < -0.3 is 20.7 Å². The maximum absolute atomic E-state index is 12.5. The monoisotopic (exact) mass is 353 g/mol. The van der Waals surface area contributed by atoms with Gasteiger partial charge in [-0.25, -0.2) is 0 Å². The lowest BCUT2D eigenvalue weighted by Gasteiger charge is -2.23. The number of hydrogen-bond acceptors (Lipinski definition) is 4. The Morgan fingerprint density at radius 2 is 1.85 bits per heavy atom. The number of para-hydroxylation sites is 1. The van der Waals surface area contributed by atoms with E-state index in [1.807, 2.05) is 30.3 Å². The van der Waals surface area contributed by atoms with Crippen LogP contribution in [0, 0.1) is 0 Å². The summed E-state index contributed by atoms with van der Waals surface area (Å²) in [7, 11) is 0. The Morgan fingerprint density at radius 3 is 2.62 bits per heavy atom. The minimum Gasteiger partial charge on any atom is -0.378 e. The summed E-state index contributed by atoms with van der Waals surface area (Å²) in [6.07, 6.45) is 0.306. The molecule has 3 rings (SSSR count). The van der Waals surface area contributed by atoms with Crippen LogP contribution in [0.25, 0.3) is 0 Å². The molecule has 0 spiro atoms. The maximum atomic E-state index is 12.5. The average Bonchev–Trinajstić information content (AvgIpc) is 2.68. The molecule has 0 bridgehead atoms. The van der Waals surface area contributed by atoms with Crippen molar-refractivity contribution in [1.29, 1.82) is 0 Å². The normalized spacial score (nSPS) is 16.7. The van der Waals surface area contributed by atoms with Gasteiger partial charge >= 0.3 is 0 Å². The number of carbonyl (C=O) groups excluding carboxylic acids is 2. The van der Waals surface area contributed by atoms with E-state index in [9.17, 15) is 9.59 Å². The molecule has 0 aromatic heterocycles. The third kappa shape index (κ3) is 5.15. The lowest BCUT2D eigenvalue weighted by molar-refractivity contribution is -0.117. The highest BCUT2D eigenvalue weighted by molar-refractivity contribution is 6.03. The second kappa shape index (κ2) is 9.12. The topological polar surface area (TPSA) is 79.5 Å². The lowest BCUT2D eigenvalue weighted by atomic mass is 10.1. The Balaban J connectivity index is 1.59. The fourth-order valence-electron chi connectivity index (χ4n) is 2.84. The summed E-state index contributed by atoms with van der Waals surface area (Å²) in [4.78, 5) is 24.8. The first-order valence-corrected chi connectivity index (χ1v) is 8.74. The van der Waals surface area contributed by atoms with Crippen LogP contribution in [0.1, 0.15) is 22.3 Å². The van der Waals surface area contributed by atoms with Crippen LogP contribution in [0.2, 0.25) is 0 Å². The van der Waals surface area contributed by atoms with Gasteiger partial charge in [-0.1, -0.05) is 42.5 Å². The van der Waals surface area contributed by atoms with E-state index >= 15 is 0 Å². The molecular weight excluding hydrogens is 330 g/mol. The molecule has 1 saturated heterocycles. The third-order valence-electron chi connectivity index (χ3n) is 4.17. The first kappa shape index (κ1) is 18.1. The molecule has 1 aliphatic heterocycles. The van der Waals surface area contributed by atoms with Crippen molar-refractivity contribution < 1.29 is 14.3 Å². The molecular formula is C20H23N3O3. The maximum Gasteiger partial charge on any atom is 0.253 e. The molecule has 136 valence electrons. The number of anilines is 1. The quantitative estimate of drug-likeness (QED) is 0.741. The van der Waals surface area contributed by atoms with Crippen LogP contribution in [0.5, 0.6) is 0 Å². The minimum atomic E-state index is -0.219. The molecule has 0 saturated carbocycles. The molecule has 1 heterocycles. The number of hydrogen-bond donors (Lipinski definition) is 3. The smallest absolute Gasteiger partial charge is 0.253 e. The Labute approximate surface area is 152 Å². The highest BCUT2D eigenvalue weighted by atomic mass is 16.5. The van der Waals surface area contributed by atoms with E-state index in [1.54, 1.807) is 24.3 Å². The Hall–Kier alpha value is -2.70. The van der Waals surface area contributed by atoms with Crippen molar-refractivity contribution in [3.8, 4) is 0 Å². The van der Waals surface area contributed by atoms with Gasteiger partial charge in [-0.2, -0.15) is 0 Å².